The molecule has 1 heteroatoms. The van der Waals surface area contributed by atoms with Crippen molar-refractivity contribution in [1.82, 2.24) is 0 Å². The molecule has 0 fully saturated rings. The van der Waals surface area contributed by atoms with Crippen LogP contribution in [0.4, 0.5) is 5.69 Å². The first-order chi connectivity index (χ1) is 7.45. The van der Waals surface area contributed by atoms with Crippen LogP contribution in [0, 0.1) is 0 Å². The first-order valence-electron chi connectivity index (χ1n) is 5.37. The number of benzene rings is 2. The predicted octanol–water partition coefficient (Wildman–Crippen LogP) is 2.12. The second-order valence-electron chi connectivity index (χ2n) is 3.64. The lowest BCUT2D eigenvalue weighted by Gasteiger charge is -2.00. The van der Waals surface area contributed by atoms with Crippen LogP contribution < -0.4 is 5.32 Å². The van der Waals surface area contributed by atoms with Crippen LogP contribution >= 0.6 is 0 Å². The summed E-state index contributed by atoms with van der Waals surface area (Å²) in [5.74, 6) is 0. The van der Waals surface area contributed by atoms with Gasteiger partial charge >= 0.3 is 0 Å². The SMILES string of the molecule is c1ccc(CC[NH2+]c2ccccc2)cc1. The second-order valence-corrected chi connectivity index (χ2v) is 3.64. The summed E-state index contributed by atoms with van der Waals surface area (Å²) in [5.41, 5.74) is 2.72. The molecule has 0 unspecified atom stereocenters. The van der Waals surface area contributed by atoms with Gasteiger partial charge in [0, 0.05) is 6.42 Å². The molecule has 2 N–H and O–H groups in total. The van der Waals surface area contributed by atoms with Crippen LogP contribution in [-0.4, -0.2) is 6.54 Å². The van der Waals surface area contributed by atoms with Gasteiger partial charge in [0.2, 0.25) is 0 Å². The highest BCUT2D eigenvalue weighted by Crippen LogP contribution is 1.99. The van der Waals surface area contributed by atoms with Gasteiger partial charge in [-0.2, -0.15) is 0 Å². The average molecular weight is 198 g/mol. The quantitative estimate of drug-likeness (QED) is 0.725. The Morgan fingerprint density at radius 2 is 1.33 bits per heavy atom. The second kappa shape index (κ2) is 5.32. The van der Waals surface area contributed by atoms with E-state index < -0.39 is 0 Å². The van der Waals surface area contributed by atoms with E-state index in [4.69, 9.17) is 0 Å². The lowest BCUT2D eigenvalue weighted by atomic mass is 10.1. The number of nitrogens with two attached hydrogens (primary N) is 1. The smallest absolute Gasteiger partial charge is 0.129 e. The van der Waals surface area contributed by atoms with Crippen molar-refractivity contribution in [2.24, 2.45) is 0 Å². The highest BCUT2D eigenvalue weighted by Gasteiger charge is 1.95. The zero-order valence-corrected chi connectivity index (χ0v) is 8.77. The van der Waals surface area contributed by atoms with Crippen molar-refractivity contribution in [3.05, 3.63) is 66.2 Å². The van der Waals surface area contributed by atoms with Crippen LogP contribution in [0.25, 0.3) is 0 Å². The van der Waals surface area contributed by atoms with E-state index in [-0.39, 0.29) is 0 Å². The van der Waals surface area contributed by atoms with E-state index in [9.17, 15) is 0 Å². The van der Waals surface area contributed by atoms with E-state index >= 15 is 0 Å². The van der Waals surface area contributed by atoms with Crippen LogP contribution in [-0.2, 0) is 6.42 Å². The minimum Gasteiger partial charge on any atom is -0.314 e. The highest BCUT2D eigenvalue weighted by atomic mass is 14.9. The molecule has 0 aromatic heterocycles. The lowest BCUT2D eigenvalue weighted by molar-refractivity contribution is -0.570. The molecule has 2 rings (SSSR count). The Bertz CT molecular complexity index is 341. The Balaban J connectivity index is 1.81. The topological polar surface area (TPSA) is 16.6 Å². The van der Waals surface area contributed by atoms with Crippen molar-refractivity contribution in [1.29, 1.82) is 0 Å². The molecule has 0 radical (unpaired) electrons. The van der Waals surface area contributed by atoms with Crippen molar-refractivity contribution in [2.75, 3.05) is 6.54 Å². The largest absolute Gasteiger partial charge is 0.314 e. The Morgan fingerprint density at radius 3 is 2.00 bits per heavy atom. The fourth-order valence-electron chi connectivity index (χ4n) is 1.64. The molecule has 0 aliphatic heterocycles. The molecule has 15 heavy (non-hydrogen) atoms. The third-order valence-corrected chi connectivity index (χ3v) is 2.46. The third-order valence-electron chi connectivity index (χ3n) is 2.46. The molecular weight excluding hydrogens is 182 g/mol. The van der Waals surface area contributed by atoms with E-state index in [0.29, 0.717) is 0 Å². The van der Waals surface area contributed by atoms with Gasteiger partial charge in [-0.25, -0.2) is 0 Å². The molecule has 0 spiro atoms. The highest BCUT2D eigenvalue weighted by molar-refractivity contribution is 5.26. The van der Waals surface area contributed by atoms with Crippen molar-refractivity contribution in [3.63, 3.8) is 0 Å². The minimum atomic E-state index is 1.11. The number of quaternary nitrogens is 1. The Kier molecular flexibility index (Phi) is 3.53. The zero-order chi connectivity index (χ0) is 10.3. The van der Waals surface area contributed by atoms with Crippen LogP contribution in [0.15, 0.2) is 60.7 Å². The Hall–Kier alpha value is -1.60. The first-order valence-corrected chi connectivity index (χ1v) is 5.37. The minimum absolute atomic E-state index is 1.11. The van der Waals surface area contributed by atoms with Gasteiger partial charge in [0.15, 0.2) is 0 Å². The van der Waals surface area contributed by atoms with Crippen LogP contribution in [0.2, 0.25) is 0 Å². The summed E-state index contributed by atoms with van der Waals surface area (Å²) >= 11 is 0. The van der Waals surface area contributed by atoms with Gasteiger partial charge in [-0.15, -0.1) is 0 Å². The summed E-state index contributed by atoms with van der Waals surface area (Å²) in [7, 11) is 0. The maximum absolute atomic E-state index is 2.28. The fourth-order valence-corrected chi connectivity index (χ4v) is 1.64. The first kappa shape index (κ1) is 9.94. The van der Waals surface area contributed by atoms with Gasteiger partial charge in [-0.05, 0) is 17.7 Å². The molecule has 1 nitrogen and oxygen atoms in total. The molecule has 0 amide bonds. The molecule has 0 heterocycles. The zero-order valence-electron chi connectivity index (χ0n) is 8.77. The van der Waals surface area contributed by atoms with Crippen molar-refractivity contribution >= 4 is 5.69 Å². The Morgan fingerprint density at radius 1 is 0.733 bits per heavy atom. The van der Waals surface area contributed by atoms with Gasteiger partial charge in [0.25, 0.3) is 0 Å². The van der Waals surface area contributed by atoms with Crippen molar-refractivity contribution in [3.8, 4) is 0 Å². The van der Waals surface area contributed by atoms with E-state index in [1.165, 1.54) is 11.3 Å². The van der Waals surface area contributed by atoms with Crippen molar-refractivity contribution in [2.45, 2.75) is 6.42 Å². The number of hydrogen-bond donors (Lipinski definition) is 1. The standard InChI is InChI=1S/C14H15N/c1-3-7-13(8-4-1)11-12-15-14-9-5-2-6-10-14/h1-10,15H,11-12H2/p+1. The maximum Gasteiger partial charge on any atom is 0.129 e. The molecule has 0 aliphatic rings. The van der Waals surface area contributed by atoms with Crippen molar-refractivity contribution < 1.29 is 5.32 Å². The maximum atomic E-state index is 2.28. The van der Waals surface area contributed by atoms with Crippen LogP contribution in [0.1, 0.15) is 5.56 Å². The third kappa shape index (κ3) is 3.22. The molecule has 0 atom stereocenters. The summed E-state index contributed by atoms with van der Waals surface area (Å²) in [6.07, 6.45) is 1.12. The molecule has 2 aromatic rings. The number of para-hydroxylation sites is 1. The number of rotatable bonds is 4. The van der Waals surface area contributed by atoms with Crippen LogP contribution in [0.3, 0.4) is 0 Å². The van der Waals surface area contributed by atoms with Gasteiger partial charge in [0.05, 0.1) is 6.54 Å². The summed E-state index contributed by atoms with van der Waals surface area (Å²) < 4.78 is 0. The molecule has 0 saturated carbocycles. The Labute approximate surface area is 90.8 Å². The molecule has 0 saturated heterocycles. The van der Waals surface area contributed by atoms with E-state index in [1.807, 2.05) is 0 Å². The average Bonchev–Trinajstić information content (AvgIpc) is 2.32. The predicted molar refractivity (Wildman–Crippen MR) is 63.0 cm³/mol. The lowest BCUT2D eigenvalue weighted by Crippen LogP contribution is -2.78. The molecular formula is C14H16N+. The summed E-state index contributed by atoms with van der Waals surface area (Å²) in [5, 5.41) is 2.28. The summed E-state index contributed by atoms with van der Waals surface area (Å²) in [4.78, 5) is 0. The molecule has 0 bridgehead atoms. The fraction of sp³-hybridized carbons (Fsp3) is 0.143. The van der Waals surface area contributed by atoms with E-state index in [2.05, 4.69) is 66.0 Å². The molecule has 76 valence electrons. The monoisotopic (exact) mass is 198 g/mol. The normalized spacial score (nSPS) is 10.1. The molecule has 2 aromatic carbocycles. The van der Waals surface area contributed by atoms with E-state index in [1.54, 1.807) is 0 Å². The van der Waals surface area contributed by atoms with Gasteiger partial charge in [-0.3, -0.25) is 0 Å². The summed E-state index contributed by atoms with van der Waals surface area (Å²) in [6.45, 7) is 1.11. The van der Waals surface area contributed by atoms with Gasteiger partial charge in [-0.1, -0.05) is 48.5 Å². The van der Waals surface area contributed by atoms with Gasteiger partial charge in [0.1, 0.15) is 5.69 Å². The summed E-state index contributed by atoms with van der Waals surface area (Å²) in [6, 6.07) is 21.1. The van der Waals surface area contributed by atoms with Crippen LogP contribution in [0.5, 0.6) is 0 Å². The number of hydrogen-bond acceptors (Lipinski definition) is 0. The van der Waals surface area contributed by atoms with E-state index in [0.717, 1.165) is 13.0 Å². The van der Waals surface area contributed by atoms with Gasteiger partial charge < -0.3 is 5.32 Å². The molecule has 0 aliphatic carbocycles.